The summed E-state index contributed by atoms with van der Waals surface area (Å²) in [6, 6.07) is 34.6. The highest BCUT2D eigenvalue weighted by Gasteiger charge is 2.35. The summed E-state index contributed by atoms with van der Waals surface area (Å²) < 4.78 is 0. The Balaban J connectivity index is 1.27. The molecule has 304 valence electrons. The molecular formula is C50H56ClN6O2+. The van der Waals surface area contributed by atoms with Crippen molar-refractivity contribution in [3.05, 3.63) is 165 Å². The number of hydrazine groups is 1. The van der Waals surface area contributed by atoms with Crippen molar-refractivity contribution in [2.75, 3.05) is 10.9 Å². The van der Waals surface area contributed by atoms with Crippen LogP contribution in [0.25, 0.3) is 0 Å². The number of nitrogens with one attached hydrogen (secondary N) is 2. The number of hydrogen-bond acceptors (Lipinski definition) is 7. The zero-order valence-corrected chi connectivity index (χ0v) is 36.3. The molecule has 5 aromatic rings. The number of rotatable bonds is 10. The van der Waals surface area contributed by atoms with Gasteiger partial charge in [-0.15, -0.1) is 0 Å². The minimum absolute atomic E-state index is 0.105. The molecule has 6 N–H and O–H groups in total. The maximum Gasteiger partial charge on any atom is 0.252 e. The number of hydrogen-bond donors (Lipinski definition) is 5. The average molecular weight is 808 g/mol. The van der Waals surface area contributed by atoms with Crippen LogP contribution in [0, 0.1) is 0 Å². The first-order chi connectivity index (χ1) is 27.8. The first-order valence-electron chi connectivity index (χ1n) is 20.2. The van der Waals surface area contributed by atoms with Gasteiger partial charge in [0.2, 0.25) is 0 Å². The number of halogens is 1. The van der Waals surface area contributed by atoms with Gasteiger partial charge in [-0.05, 0) is 75.4 Å². The Labute approximate surface area is 353 Å². The summed E-state index contributed by atoms with van der Waals surface area (Å²) in [5.74, 6) is 0.301. The Bertz CT molecular complexity index is 2530. The molecule has 9 heteroatoms. The number of nitrogens with zero attached hydrogens (tertiary/aromatic N) is 3. The molecule has 0 spiro atoms. The summed E-state index contributed by atoms with van der Waals surface area (Å²) in [4.78, 5) is 0. The summed E-state index contributed by atoms with van der Waals surface area (Å²) >= 11 is 6.31. The number of fused-ring (bicyclic) bond motifs is 1. The highest BCUT2D eigenvalue weighted by atomic mass is 35.5. The summed E-state index contributed by atoms with van der Waals surface area (Å²) in [7, 11) is 0. The van der Waals surface area contributed by atoms with Gasteiger partial charge in [-0.1, -0.05) is 164 Å². The van der Waals surface area contributed by atoms with E-state index in [0.29, 0.717) is 34.2 Å². The van der Waals surface area contributed by atoms with Crippen LogP contribution in [-0.4, -0.2) is 22.0 Å². The van der Waals surface area contributed by atoms with E-state index in [9.17, 15) is 10.2 Å². The fraction of sp³-hybridized carbons (Fsp3) is 0.300. The number of phenolic OH excluding ortho intramolecular Hbond substituents is 2. The third-order valence-corrected chi connectivity index (χ3v) is 12.2. The van der Waals surface area contributed by atoms with E-state index in [1.54, 1.807) is 5.12 Å². The molecule has 0 bridgehead atoms. The number of phenols is 2. The average Bonchev–Trinajstić information content (AvgIpc) is 3.60. The predicted octanol–water partition coefficient (Wildman–Crippen LogP) is 10.4. The molecule has 1 unspecified atom stereocenters. The Kier molecular flexibility index (Phi) is 10.9. The number of allylic oxidation sites excluding steroid dienone is 2. The molecule has 0 aromatic heterocycles. The second-order valence-electron chi connectivity index (χ2n) is 18.6. The molecule has 0 saturated heterocycles. The van der Waals surface area contributed by atoms with Gasteiger partial charge in [0.05, 0.1) is 11.8 Å². The van der Waals surface area contributed by atoms with E-state index < -0.39 is 10.8 Å². The van der Waals surface area contributed by atoms with E-state index in [1.165, 1.54) is 0 Å². The molecule has 1 aliphatic carbocycles. The molecule has 8 nitrogen and oxygen atoms in total. The van der Waals surface area contributed by atoms with E-state index >= 15 is 0 Å². The number of hydrazone groups is 1. The molecule has 5 aromatic carbocycles. The summed E-state index contributed by atoms with van der Waals surface area (Å²) in [6.45, 7) is 19.5. The lowest BCUT2D eigenvalue weighted by Crippen LogP contribution is -2.57. The van der Waals surface area contributed by atoms with Gasteiger partial charge in [-0.25, -0.2) is 0 Å². The van der Waals surface area contributed by atoms with Crippen molar-refractivity contribution in [1.29, 1.82) is 0 Å². The third-order valence-electron chi connectivity index (χ3n) is 12.0. The van der Waals surface area contributed by atoms with Crippen molar-refractivity contribution >= 4 is 40.1 Å². The van der Waals surface area contributed by atoms with Crippen molar-refractivity contribution in [2.45, 2.75) is 96.4 Å². The molecule has 0 saturated carbocycles. The summed E-state index contributed by atoms with van der Waals surface area (Å²) in [6.07, 6.45) is 6.39. The zero-order chi connectivity index (χ0) is 42.5. The fourth-order valence-corrected chi connectivity index (χ4v) is 8.21. The van der Waals surface area contributed by atoms with Gasteiger partial charge in [-0.3, -0.25) is 0 Å². The van der Waals surface area contributed by atoms with Gasteiger partial charge < -0.3 is 15.9 Å². The topological polar surface area (TPSA) is 120 Å². The minimum atomic E-state index is -0.628. The zero-order valence-electron chi connectivity index (χ0n) is 35.5. The Hall–Kier alpha value is -5.70. The van der Waals surface area contributed by atoms with Crippen LogP contribution in [0.5, 0.6) is 11.5 Å². The van der Waals surface area contributed by atoms with Crippen molar-refractivity contribution in [3.8, 4) is 11.5 Å². The number of nitrogens with two attached hydrogens (primary N) is 1. The number of nitrogen functional groups attached to an aromatic ring is 1. The van der Waals surface area contributed by atoms with E-state index in [4.69, 9.17) is 27.6 Å². The summed E-state index contributed by atoms with van der Waals surface area (Å²) in [5.41, 5.74) is 18.0. The number of azo groups is 1. The molecule has 1 atom stereocenters. The van der Waals surface area contributed by atoms with Crippen molar-refractivity contribution in [2.24, 2.45) is 10.2 Å². The molecule has 1 aliphatic heterocycles. The molecular weight excluding hydrogens is 752 g/mol. The van der Waals surface area contributed by atoms with E-state index in [-0.39, 0.29) is 28.4 Å². The Morgan fingerprint density at radius 2 is 1.42 bits per heavy atom. The first kappa shape index (κ1) is 41.5. The van der Waals surface area contributed by atoms with Gasteiger partial charge >= 0.3 is 0 Å². The molecule has 0 amide bonds. The Morgan fingerprint density at radius 1 is 0.746 bits per heavy atom. The lowest BCUT2D eigenvalue weighted by molar-refractivity contribution is -0.432. The van der Waals surface area contributed by atoms with Crippen LogP contribution in [0.4, 0.5) is 22.7 Å². The van der Waals surface area contributed by atoms with Crippen LogP contribution in [-0.2, 0) is 28.1 Å². The highest BCUT2D eigenvalue weighted by Crippen LogP contribution is 2.47. The second kappa shape index (κ2) is 15.5. The van der Waals surface area contributed by atoms with E-state index in [2.05, 4.69) is 134 Å². The van der Waals surface area contributed by atoms with E-state index in [0.717, 1.165) is 44.7 Å². The van der Waals surface area contributed by atoms with Crippen LogP contribution < -0.4 is 21.4 Å². The first-order valence-corrected chi connectivity index (χ1v) is 20.6. The number of anilines is 2. The number of aromatic hydroxyl groups is 2. The lowest BCUT2D eigenvalue weighted by Gasteiger charge is -2.33. The monoisotopic (exact) mass is 807 g/mol. The number of para-hydroxylation sites is 2. The van der Waals surface area contributed by atoms with Gasteiger partial charge in [0.1, 0.15) is 17.1 Å². The van der Waals surface area contributed by atoms with Crippen LogP contribution in [0.3, 0.4) is 0 Å². The molecule has 1 heterocycles. The molecule has 0 radical (unpaired) electrons. The van der Waals surface area contributed by atoms with Crippen LogP contribution >= 0.6 is 11.6 Å². The summed E-state index contributed by atoms with van der Waals surface area (Å²) in [5, 5.41) is 38.7. The molecule has 7 rings (SSSR count). The largest absolute Gasteiger partial charge is 0.505 e. The van der Waals surface area contributed by atoms with Gasteiger partial charge in [0.25, 0.3) is 5.69 Å². The smallest absolute Gasteiger partial charge is 0.252 e. The lowest BCUT2D eigenvalue weighted by atomic mass is 9.71. The van der Waals surface area contributed by atoms with Gasteiger partial charge in [0.15, 0.2) is 11.4 Å². The highest BCUT2D eigenvalue weighted by molar-refractivity contribution is 6.33. The third kappa shape index (κ3) is 8.30. The van der Waals surface area contributed by atoms with Gasteiger partial charge in [-0.2, -0.15) is 15.6 Å². The van der Waals surface area contributed by atoms with Crippen molar-refractivity contribution in [1.82, 2.24) is 5.43 Å². The van der Waals surface area contributed by atoms with Crippen molar-refractivity contribution < 1.29 is 15.3 Å². The Morgan fingerprint density at radius 3 is 2.14 bits per heavy atom. The normalized spacial score (nSPS) is 16.0. The fourth-order valence-electron chi connectivity index (χ4n) is 8.03. The SMILES string of the molecule is CC(C)(C)c1cc(C(C)(C)Cc2cccc(C(C)(C)c3cc(C(C)(C)c4ccccc4)cc(N=[NH+]c4ccccc4N)c3O)c2)cc(N2N=C3C=C(Cl)C=CC3N2)c1O. The van der Waals surface area contributed by atoms with Gasteiger partial charge in [0, 0.05) is 38.2 Å². The quantitative estimate of drug-likeness (QED) is 0.0711. The maximum absolute atomic E-state index is 12.1. The van der Waals surface area contributed by atoms with Crippen LogP contribution in [0.2, 0.25) is 0 Å². The maximum atomic E-state index is 12.1. The van der Waals surface area contributed by atoms with E-state index in [1.807, 2.05) is 60.7 Å². The molecule has 59 heavy (non-hydrogen) atoms. The molecule has 2 aliphatic rings. The second-order valence-corrected chi connectivity index (χ2v) is 19.0. The van der Waals surface area contributed by atoms with Crippen LogP contribution in [0.15, 0.2) is 137 Å². The minimum Gasteiger partial charge on any atom is -0.505 e. The standard InChI is InChI=1S/C50H55ClN6O2/c1-47(2,3)37-25-34(28-44(46(37)59)57-55-41-23-22-36(51)29-42(41)56-57)48(4,5)30-31-16-15-19-33(24-31)50(8,9)38-26-35(49(6,7)32-17-11-10-12-18-32)27-43(45(38)58)54-53-40-21-14-13-20-39(40)52/h10-29,41,55,58-59H,30,52H2,1-9H3/p+1. The molecule has 0 fully saturated rings. The predicted molar refractivity (Wildman–Crippen MR) is 242 cm³/mol. The number of benzene rings is 5. The van der Waals surface area contributed by atoms with Crippen molar-refractivity contribution in [3.63, 3.8) is 0 Å². The van der Waals surface area contributed by atoms with Crippen LogP contribution in [0.1, 0.15) is 101 Å².